The van der Waals surface area contributed by atoms with Crippen LogP contribution in [0, 0.1) is 18.8 Å². The molecule has 0 aliphatic carbocycles. The predicted molar refractivity (Wildman–Crippen MR) is 59.8 cm³/mol. The van der Waals surface area contributed by atoms with Crippen molar-refractivity contribution in [3.63, 3.8) is 0 Å². The highest BCUT2D eigenvalue weighted by Crippen LogP contribution is 2.21. The zero-order chi connectivity index (χ0) is 13.8. The molecule has 0 aliphatic heterocycles. The highest BCUT2D eigenvalue weighted by atomic mass is 19.4. The second-order valence-corrected chi connectivity index (χ2v) is 3.46. The first-order valence-corrected chi connectivity index (χ1v) is 4.93. The van der Waals surface area contributed by atoms with Crippen LogP contribution in [0.3, 0.4) is 0 Å². The molecule has 0 atom stereocenters. The summed E-state index contributed by atoms with van der Waals surface area (Å²) in [6.45, 7) is 1.32. The molecule has 0 fully saturated rings. The Kier molecular flexibility index (Phi) is 4.34. The number of aliphatic hydroxyl groups is 1. The molecule has 0 radical (unpaired) electrons. The zero-order valence-corrected chi connectivity index (χ0v) is 9.43. The molecule has 2 N–H and O–H groups in total. The second-order valence-electron chi connectivity index (χ2n) is 3.46. The zero-order valence-electron chi connectivity index (χ0n) is 9.43. The average molecular weight is 257 g/mol. The number of carbonyl (C=O) groups is 1. The third kappa shape index (κ3) is 3.79. The van der Waals surface area contributed by atoms with Gasteiger partial charge in [-0.15, -0.1) is 0 Å². The molecule has 0 aromatic heterocycles. The molecule has 3 nitrogen and oxygen atoms in total. The number of alkyl halides is 3. The number of benzene rings is 1. The number of carbonyl (C=O) groups excluding carboxylic acids is 1. The molecule has 0 bridgehead atoms. The van der Waals surface area contributed by atoms with Crippen LogP contribution in [0.5, 0.6) is 0 Å². The van der Waals surface area contributed by atoms with Gasteiger partial charge in [-0.25, -0.2) is 0 Å². The van der Waals surface area contributed by atoms with E-state index in [4.69, 9.17) is 5.11 Å². The normalized spacial score (nSPS) is 10.5. The minimum absolute atomic E-state index is 0.0381. The highest BCUT2D eigenvalue weighted by Gasteiger charge is 2.38. The van der Waals surface area contributed by atoms with Crippen molar-refractivity contribution in [3.05, 3.63) is 29.3 Å². The fourth-order valence-corrected chi connectivity index (χ4v) is 1.20. The molecule has 0 unspecified atom stereocenters. The minimum Gasteiger partial charge on any atom is -0.384 e. The molecular formula is C12H10F3NO2. The lowest BCUT2D eigenvalue weighted by molar-refractivity contribution is -0.167. The van der Waals surface area contributed by atoms with E-state index in [1.807, 2.05) is 0 Å². The Morgan fingerprint density at radius 3 is 2.67 bits per heavy atom. The van der Waals surface area contributed by atoms with Gasteiger partial charge < -0.3 is 10.4 Å². The lowest BCUT2D eigenvalue weighted by atomic mass is 10.1. The van der Waals surface area contributed by atoms with Gasteiger partial charge in [0.2, 0.25) is 0 Å². The first kappa shape index (κ1) is 14.1. The average Bonchev–Trinajstić information content (AvgIpc) is 2.28. The lowest BCUT2D eigenvalue weighted by Crippen LogP contribution is -2.30. The van der Waals surface area contributed by atoms with Crippen LogP contribution < -0.4 is 5.32 Å². The quantitative estimate of drug-likeness (QED) is 0.754. The lowest BCUT2D eigenvalue weighted by Gasteiger charge is -2.10. The van der Waals surface area contributed by atoms with E-state index in [0.29, 0.717) is 0 Å². The van der Waals surface area contributed by atoms with Crippen LogP contribution in [-0.4, -0.2) is 23.8 Å². The minimum atomic E-state index is -4.95. The first-order valence-electron chi connectivity index (χ1n) is 4.93. The van der Waals surface area contributed by atoms with E-state index < -0.39 is 18.7 Å². The Hall–Kier alpha value is -2.00. The summed E-state index contributed by atoms with van der Waals surface area (Å²) in [5.41, 5.74) is 0.966. The molecule has 1 aromatic rings. The van der Waals surface area contributed by atoms with E-state index in [0.717, 1.165) is 5.56 Å². The predicted octanol–water partition coefficient (Wildman–Crippen LogP) is 1.84. The summed E-state index contributed by atoms with van der Waals surface area (Å²) in [7, 11) is 0. The van der Waals surface area contributed by atoms with Gasteiger partial charge in [-0.3, -0.25) is 4.79 Å². The second kappa shape index (κ2) is 5.56. The summed E-state index contributed by atoms with van der Waals surface area (Å²) in [5, 5.41) is 10.3. The Morgan fingerprint density at radius 2 is 2.11 bits per heavy atom. The molecule has 0 heterocycles. The maximum absolute atomic E-state index is 12.1. The number of nitrogens with one attached hydrogen (secondary N) is 1. The maximum Gasteiger partial charge on any atom is 0.471 e. The van der Waals surface area contributed by atoms with E-state index in [9.17, 15) is 18.0 Å². The summed E-state index contributed by atoms with van der Waals surface area (Å²) in [6.07, 6.45) is -4.95. The molecule has 18 heavy (non-hydrogen) atoms. The number of aliphatic hydroxyl groups excluding tert-OH is 1. The van der Waals surface area contributed by atoms with Gasteiger partial charge in [0.1, 0.15) is 6.61 Å². The van der Waals surface area contributed by atoms with E-state index in [-0.39, 0.29) is 11.3 Å². The fraction of sp³-hybridized carbons (Fsp3) is 0.250. The van der Waals surface area contributed by atoms with Gasteiger partial charge in [-0.05, 0) is 24.6 Å². The van der Waals surface area contributed by atoms with Crippen molar-refractivity contribution in [2.24, 2.45) is 0 Å². The van der Waals surface area contributed by atoms with Gasteiger partial charge >= 0.3 is 12.1 Å². The fourth-order valence-electron chi connectivity index (χ4n) is 1.20. The molecule has 0 aliphatic rings. The Morgan fingerprint density at radius 1 is 1.44 bits per heavy atom. The summed E-state index contributed by atoms with van der Waals surface area (Å²) in [4.78, 5) is 10.8. The van der Waals surface area contributed by atoms with Gasteiger partial charge in [0.25, 0.3) is 0 Å². The Bertz CT molecular complexity index is 512. The molecular weight excluding hydrogens is 247 g/mol. The van der Waals surface area contributed by atoms with Crippen LogP contribution >= 0.6 is 0 Å². The van der Waals surface area contributed by atoms with Crippen molar-refractivity contribution in [1.29, 1.82) is 0 Å². The van der Waals surface area contributed by atoms with Crippen LogP contribution in [0.2, 0.25) is 0 Å². The monoisotopic (exact) mass is 257 g/mol. The number of halogens is 3. The van der Waals surface area contributed by atoms with E-state index in [1.165, 1.54) is 12.1 Å². The van der Waals surface area contributed by atoms with Crippen LogP contribution in [-0.2, 0) is 4.79 Å². The van der Waals surface area contributed by atoms with E-state index in [2.05, 4.69) is 11.8 Å². The number of rotatable bonds is 1. The van der Waals surface area contributed by atoms with E-state index in [1.54, 1.807) is 18.3 Å². The van der Waals surface area contributed by atoms with Crippen molar-refractivity contribution in [1.82, 2.24) is 0 Å². The van der Waals surface area contributed by atoms with Crippen LogP contribution in [0.4, 0.5) is 18.9 Å². The third-order valence-corrected chi connectivity index (χ3v) is 1.98. The van der Waals surface area contributed by atoms with Crippen LogP contribution in [0.1, 0.15) is 11.1 Å². The summed E-state index contributed by atoms with van der Waals surface area (Å²) >= 11 is 0. The number of hydrogen-bond donors (Lipinski definition) is 2. The molecule has 1 amide bonds. The smallest absolute Gasteiger partial charge is 0.384 e. The van der Waals surface area contributed by atoms with E-state index >= 15 is 0 Å². The molecule has 1 aromatic carbocycles. The van der Waals surface area contributed by atoms with Gasteiger partial charge in [0.15, 0.2) is 0 Å². The molecule has 6 heteroatoms. The first-order chi connectivity index (χ1) is 8.34. The third-order valence-electron chi connectivity index (χ3n) is 1.98. The van der Waals surface area contributed by atoms with Crippen molar-refractivity contribution >= 4 is 11.6 Å². The molecule has 1 rings (SSSR count). The highest BCUT2D eigenvalue weighted by molar-refractivity contribution is 5.96. The van der Waals surface area contributed by atoms with Gasteiger partial charge in [0.05, 0.1) is 5.69 Å². The van der Waals surface area contributed by atoms with Crippen LogP contribution in [0.15, 0.2) is 18.2 Å². The van der Waals surface area contributed by atoms with Gasteiger partial charge in [-0.2, -0.15) is 13.2 Å². The van der Waals surface area contributed by atoms with Gasteiger partial charge in [-0.1, -0.05) is 17.9 Å². The molecule has 0 saturated carbocycles. The number of amides is 1. The summed E-state index contributed by atoms with van der Waals surface area (Å²) in [5.74, 6) is 2.74. The summed E-state index contributed by atoms with van der Waals surface area (Å²) < 4.78 is 36.3. The largest absolute Gasteiger partial charge is 0.471 e. The SMILES string of the molecule is Cc1ccc(NC(=O)C(F)(F)F)c(C#CCO)c1. The van der Waals surface area contributed by atoms with Crippen molar-refractivity contribution in [2.45, 2.75) is 13.1 Å². The Labute approximate surface area is 102 Å². The molecule has 0 spiro atoms. The van der Waals surface area contributed by atoms with Crippen molar-refractivity contribution < 1.29 is 23.1 Å². The topological polar surface area (TPSA) is 49.3 Å². The number of aryl methyl sites for hydroxylation is 1. The number of hydrogen-bond acceptors (Lipinski definition) is 2. The maximum atomic E-state index is 12.1. The van der Waals surface area contributed by atoms with Crippen LogP contribution in [0.25, 0.3) is 0 Å². The Balaban J connectivity index is 3.05. The molecule has 96 valence electrons. The van der Waals surface area contributed by atoms with Crippen molar-refractivity contribution in [3.8, 4) is 11.8 Å². The number of anilines is 1. The standard InChI is InChI=1S/C12H10F3NO2/c1-8-4-5-10(9(7-8)3-2-6-17)16-11(18)12(13,14)15/h4-5,7,17H,6H2,1H3,(H,16,18). The van der Waals surface area contributed by atoms with Gasteiger partial charge in [0, 0.05) is 5.56 Å². The summed E-state index contributed by atoms with van der Waals surface area (Å²) in [6, 6.07) is 4.41. The van der Waals surface area contributed by atoms with Crippen molar-refractivity contribution in [2.75, 3.05) is 11.9 Å². The molecule has 0 saturated heterocycles.